The molecule has 31 heavy (non-hydrogen) atoms. The van der Waals surface area contributed by atoms with E-state index in [4.69, 9.17) is 21.1 Å². The van der Waals surface area contributed by atoms with Gasteiger partial charge in [0.2, 0.25) is 0 Å². The lowest BCUT2D eigenvalue weighted by Gasteiger charge is -2.27. The van der Waals surface area contributed by atoms with Crippen molar-refractivity contribution < 1.29 is 24.2 Å². The number of aliphatic hydroxyl groups is 1. The van der Waals surface area contributed by atoms with Gasteiger partial charge in [-0.25, -0.2) is 0 Å². The van der Waals surface area contributed by atoms with E-state index in [1.54, 1.807) is 48.5 Å². The predicted molar refractivity (Wildman–Crippen MR) is 117 cm³/mol. The molecular weight excluding hydrogens is 418 g/mol. The maximum absolute atomic E-state index is 13.0. The Morgan fingerprint density at radius 1 is 1.16 bits per heavy atom. The molecule has 0 spiro atoms. The molecule has 7 heteroatoms. The maximum Gasteiger partial charge on any atom is 0.295 e. The van der Waals surface area contributed by atoms with Crippen LogP contribution in [0.3, 0.4) is 0 Å². The average molecular weight is 442 g/mol. The number of Topliss-reactive ketones (excluding diaryl/α,β-unsaturated/α-hetero) is 1. The number of aliphatic hydroxyl groups excluding tert-OH is 1. The smallest absolute Gasteiger partial charge is 0.295 e. The largest absolute Gasteiger partial charge is 0.507 e. The molecule has 2 heterocycles. The lowest BCUT2D eigenvalue weighted by Crippen LogP contribution is -2.36. The standard InChI is InChI=1S/C24H24ClNO5/c1-2-30-18-11-7-16(8-12-18)22(27)20-21(15-5-9-17(25)10-6-15)26(24(29)23(20)28)14-19-4-3-13-31-19/h5-12,19,21,27H,2-4,13-14H2,1H3/t19-,21-/m1/s1. The highest BCUT2D eigenvalue weighted by Gasteiger charge is 2.47. The first-order valence-corrected chi connectivity index (χ1v) is 10.8. The molecule has 6 nitrogen and oxygen atoms in total. The second-order valence-electron chi connectivity index (χ2n) is 7.60. The van der Waals surface area contributed by atoms with Gasteiger partial charge in [0, 0.05) is 23.7 Å². The Labute approximate surface area is 186 Å². The molecule has 162 valence electrons. The van der Waals surface area contributed by atoms with Gasteiger partial charge in [0.25, 0.3) is 11.7 Å². The number of halogens is 1. The maximum atomic E-state index is 13.0. The van der Waals surface area contributed by atoms with Crippen molar-refractivity contribution in [2.45, 2.75) is 31.9 Å². The van der Waals surface area contributed by atoms with Crippen molar-refractivity contribution in [3.8, 4) is 5.75 Å². The number of rotatable bonds is 6. The first kappa shape index (κ1) is 21.4. The minimum absolute atomic E-state index is 0.0643. The van der Waals surface area contributed by atoms with E-state index in [-0.39, 0.29) is 24.0 Å². The van der Waals surface area contributed by atoms with Gasteiger partial charge in [-0.1, -0.05) is 23.7 Å². The number of hydrogen-bond acceptors (Lipinski definition) is 5. The Kier molecular flexibility index (Phi) is 6.30. The van der Waals surface area contributed by atoms with Crippen LogP contribution in [-0.2, 0) is 14.3 Å². The van der Waals surface area contributed by atoms with Crippen LogP contribution in [0.25, 0.3) is 5.76 Å². The molecule has 2 aliphatic heterocycles. The van der Waals surface area contributed by atoms with Crippen LogP contribution in [0.2, 0.25) is 5.02 Å². The number of carbonyl (C=O) groups excluding carboxylic acids is 2. The Morgan fingerprint density at radius 2 is 1.87 bits per heavy atom. The highest BCUT2D eigenvalue weighted by atomic mass is 35.5. The van der Waals surface area contributed by atoms with Gasteiger partial charge in [-0.3, -0.25) is 9.59 Å². The van der Waals surface area contributed by atoms with E-state index in [0.29, 0.717) is 35.1 Å². The zero-order valence-corrected chi connectivity index (χ0v) is 18.0. The third-order valence-corrected chi connectivity index (χ3v) is 5.84. The summed E-state index contributed by atoms with van der Waals surface area (Å²) >= 11 is 6.04. The van der Waals surface area contributed by atoms with E-state index < -0.39 is 17.7 Å². The Balaban J connectivity index is 1.77. The van der Waals surface area contributed by atoms with Crippen LogP contribution in [0.5, 0.6) is 5.75 Å². The van der Waals surface area contributed by atoms with Crippen molar-refractivity contribution in [2.24, 2.45) is 0 Å². The van der Waals surface area contributed by atoms with Gasteiger partial charge in [0.1, 0.15) is 11.5 Å². The second kappa shape index (κ2) is 9.12. The van der Waals surface area contributed by atoms with Gasteiger partial charge >= 0.3 is 0 Å². The second-order valence-corrected chi connectivity index (χ2v) is 8.03. The van der Waals surface area contributed by atoms with Crippen molar-refractivity contribution in [1.29, 1.82) is 0 Å². The normalized spacial score (nSPS) is 22.8. The lowest BCUT2D eigenvalue weighted by atomic mass is 9.95. The topological polar surface area (TPSA) is 76.1 Å². The zero-order chi connectivity index (χ0) is 22.0. The van der Waals surface area contributed by atoms with Crippen LogP contribution in [0.15, 0.2) is 54.1 Å². The molecule has 2 aliphatic rings. The number of amides is 1. The molecule has 0 aromatic heterocycles. The van der Waals surface area contributed by atoms with E-state index in [0.717, 1.165) is 12.8 Å². The minimum Gasteiger partial charge on any atom is -0.507 e. The van der Waals surface area contributed by atoms with Crippen LogP contribution < -0.4 is 4.74 Å². The minimum atomic E-state index is -0.715. The number of likely N-dealkylation sites (tertiary alicyclic amines) is 1. The summed E-state index contributed by atoms with van der Waals surface area (Å²) in [7, 11) is 0. The van der Waals surface area contributed by atoms with Gasteiger partial charge < -0.3 is 19.5 Å². The fraction of sp³-hybridized carbons (Fsp3) is 0.333. The molecule has 0 bridgehead atoms. The molecule has 0 radical (unpaired) electrons. The van der Waals surface area contributed by atoms with E-state index in [2.05, 4.69) is 0 Å². The number of benzene rings is 2. The molecule has 0 saturated carbocycles. The van der Waals surface area contributed by atoms with Gasteiger partial charge in [-0.15, -0.1) is 0 Å². The van der Waals surface area contributed by atoms with Crippen molar-refractivity contribution in [3.63, 3.8) is 0 Å². The molecule has 1 N–H and O–H groups in total. The van der Waals surface area contributed by atoms with Gasteiger partial charge in [0.15, 0.2) is 0 Å². The summed E-state index contributed by atoms with van der Waals surface area (Å²) in [4.78, 5) is 27.5. The quantitative estimate of drug-likeness (QED) is 0.410. The van der Waals surface area contributed by atoms with E-state index >= 15 is 0 Å². The molecular formula is C24H24ClNO5. The fourth-order valence-corrected chi connectivity index (χ4v) is 4.22. The summed E-state index contributed by atoms with van der Waals surface area (Å²) in [6, 6.07) is 13.0. The number of nitrogens with zero attached hydrogens (tertiary/aromatic N) is 1. The third kappa shape index (κ3) is 4.31. The van der Waals surface area contributed by atoms with E-state index in [9.17, 15) is 14.7 Å². The molecule has 2 fully saturated rings. The van der Waals surface area contributed by atoms with Crippen molar-refractivity contribution in [1.82, 2.24) is 4.90 Å². The SMILES string of the molecule is CCOc1ccc(C(O)=C2C(=O)C(=O)N(C[C@H]3CCCO3)[C@@H]2c2ccc(Cl)cc2)cc1. The number of ketones is 1. The first-order chi connectivity index (χ1) is 15.0. The summed E-state index contributed by atoms with van der Waals surface area (Å²) in [5.41, 5.74) is 1.21. The Hall–Kier alpha value is -2.83. The van der Waals surface area contributed by atoms with Gasteiger partial charge in [-0.05, 0) is 61.7 Å². The lowest BCUT2D eigenvalue weighted by molar-refractivity contribution is -0.140. The zero-order valence-electron chi connectivity index (χ0n) is 17.2. The predicted octanol–water partition coefficient (Wildman–Crippen LogP) is 4.34. The van der Waals surface area contributed by atoms with Crippen LogP contribution in [0.4, 0.5) is 0 Å². The van der Waals surface area contributed by atoms with Crippen molar-refractivity contribution in [2.75, 3.05) is 19.8 Å². The summed E-state index contributed by atoms with van der Waals surface area (Å²) in [6.45, 7) is 3.34. The fourth-order valence-electron chi connectivity index (χ4n) is 4.10. The molecule has 2 saturated heterocycles. The monoisotopic (exact) mass is 441 g/mol. The molecule has 1 amide bonds. The Morgan fingerprint density at radius 3 is 2.48 bits per heavy atom. The average Bonchev–Trinajstić information content (AvgIpc) is 3.37. The third-order valence-electron chi connectivity index (χ3n) is 5.59. The summed E-state index contributed by atoms with van der Waals surface area (Å²) in [6.07, 6.45) is 1.63. The van der Waals surface area contributed by atoms with E-state index in [1.807, 2.05) is 6.92 Å². The summed E-state index contributed by atoms with van der Waals surface area (Å²) < 4.78 is 11.1. The van der Waals surface area contributed by atoms with Gasteiger partial charge in [-0.2, -0.15) is 0 Å². The van der Waals surface area contributed by atoms with E-state index in [1.165, 1.54) is 4.90 Å². The van der Waals surface area contributed by atoms with Crippen LogP contribution in [0, 0.1) is 0 Å². The molecule has 2 aromatic rings. The highest BCUT2D eigenvalue weighted by Crippen LogP contribution is 2.40. The summed E-state index contributed by atoms with van der Waals surface area (Å²) in [5.74, 6) is -0.893. The molecule has 0 unspecified atom stereocenters. The molecule has 2 aromatic carbocycles. The van der Waals surface area contributed by atoms with Crippen LogP contribution >= 0.6 is 11.6 Å². The Bertz CT molecular complexity index is 994. The van der Waals surface area contributed by atoms with Crippen molar-refractivity contribution >= 4 is 29.1 Å². The number of hydrogen-bond donors (Lipinski definition) is 1. The molecule has 4 rings (SSSR count). The molecule has 0 aliphatic carbocycles. The first-order valence-electron chi connectivity index (χ1n) is 10.4. The summed E-state index contributed by atoms with van der Waals surface area (Å²) in [5, 5.41) is 11.6. The number of carbonyl (C=O) groups is 2. The van der Waals surface area contributed by atoms with Crippen LogP contribution in [0.1, 0.15) is 36.9 Å². The number of ether oxygens (including phenoxy) is 2. The van der Waals surface area contributed by atoms with Gasteiger partial charge in [0.05, 0.1) is 24.3 Å². The van der Waals surface area contributed by atoms with Crippen molar-refractivity contribution in [3.05, 3.63) is 70.3 Å². The van der Waals surface area contributed by atoms with Crippen LogP contribution in [-0.4, -0.2) is 47.6 Å². The molecule has 2 atom stereocenters. The highest BCUT2D eigenvalue weighted by molar-refractivity contribution is 6.46.